The van der Waals surface area contributed by atoms with E-state index in [2.05, 4.69) is 0 Å². The molecule has 1 nitrogen and oxygen atoms in total. The van der Waals surface area contributed by atoms with Crippen LogP contribution in [-0.2, 0) is 0 Å². The summed E-state index contributed by atoms with van der Waals surface area (Å²) in [5.74, 6) is -2.47. The van der Waals surface area contributed by atoms with Crippen LogP contribution in [0.1, 0.15) is 24.0 Å². The molecule has 0 unspecified atom stereocenters. The molecule has 0 aliphatic heterocycles. The van der Waals surface area contributed by atoms with Gasteiger partial charge in [0, 0.05) is 5.69 Å². The number of rotatable bonds is 2. The number of nitrogens with two attached hydrogens (primary N) is 1. The third-order valence-corrected chi connectivity index (χ3v) is 3.76. The first kappa shape index (κ1) is 13.1. The average Bonchev–Trinajstić information content (AvgIpc) is 2.76. The Bertz CT molecular complexity index is 578. The van der Waals surface area contributed by atoms with Crippen LogP contribution < -0.4 is 5.73 Å². The number of halogens is 2. The van der Waals surface area contributed by atoms with Gasteiger partial charge in [-0.3, -0.25) is 0 Å². The van der Waals surface area contributed by atoms with Crippen molar-refractivity contribution in [2.24, 2.45) is 0 Å². The summed E-state index contributed by atoms with van der Waals surface area (Å²) in [6.07, 6.45) is 0.790. The molecule has 2 radical (unpaired) electrons. The zero-order chi connectivity index (χ0) is 14.2. The highest BCUT2D eigenvalue weighted by Crippen LogP contribution is 2.53. The monoisotopic (exact) mass is 271 g/mol. The second kappa shape index (κ2) is 4.89. The zero-order valence-corrected chi connectivity index (χ0v) is 10.9. The Hall–Kier alpha value is -1.90. The van der Waals surface area contributed by atoms with Crippen molar-refractivity contribution in [3.8, 4) is 0 Å². The highest BCUT2D eigenvalue weighted by molar-refractivity contribution is 5.51. The van der Waals surface area contributed by atoms with Gasteiger partial charge in [-0.05, 0) is 36.1 Å². The molecule has 3 rings (SSSR count). The topological polar surface area (TPSA) is 26.0 Å². The predicted octanol–water partition coefficient (Wildman–Crippen LogP) is 4.24. The Morgan fingerprint density at radius 3 is 1.80 bits per heavy atom. The van der Waals surface area contributed by atoms with Crippen molar-refractivity contribution in [2.75, 3.05) is 5.73 Å². The van der Waals surface area contributed by atoms with Crippen molar-refractivity contribution >= 4 is 5.69 Å². The minimum atomic E-state index is -2.88. The van der Waals surface area contributed by atoms with Gasteiger partial charge in [0.2, 0.25) is 0 Å². The van der Waals surface area contributed by atoms with Crippen LogP contribution in [0.5, 0.6) is 0 Å². The number of alkyl halides is 2. The summed E-state index contributed by atoms with van der Waals surface area (Å²) in [6, 6.07) is 15.6. The fourth-order valence-corrected chi connectivity index (χ4v) is 2.72. The van der Waals surface area contributed by atoms with Crippen molar-refractivity contribution in [1.82, 2.24) is 0 Å². The molecule has 1 saturated carbocycles. The van der Waals surface area contributed by atoms with Crippen molar-refractivity contribution < 1.29 is 8.78 Å². The molecule has 0 atom stereocenters. The van der Waals surface area contributed by atoms with Gasteiger partial charge in [0.15, 0.2) is 0 Å². The predicted molar refractivity (Wildman–Crippen MR) is 76.2 cm³/mol. The Morgan fingerprint density at radius 1 is 0.750 bits per heavy atom. The molecule has 2 N–H and O–H groups in total. The van der Waals surface area contributed by atoms with Gasteiger partial charge in [0.05, 0.1) is 11.8 Å². The van der Waals surface area contributed by atoms with Gasteiger partial charge < -0.3 is 5.73 Å². The van der Waals surface area contributed by atoms with Gasteiger partial charge in [-0.25, -0.2) is 8.78 Å². The van der Waals surface area contributed by atoms with Crippen LogP contribution in [-0.4, -0.2) is 5.92 Å². The molecule has 1 aliphatic rings. The van der Waals surface area contributed by atoms with Gasteiger partial charge in [-0.1, -0.05) is 42.5 Å². The molecule has 3 heteroatoms. The second-order valence-electron chi connectivity index (χ2n) is 5.02. The molecule has 2 aromatic carbocycles. The van der Waals surface area contributed by atoms with Crippen molar-refractivity contribution in [3.63, 3.8) is 0 Å². The normalized spacial score (nSPS) is 19.3. The number of hydrogen-bond donors (Lipinski definition) is 1. The highest BCUT2D eigenvalue weighted by Gasteiger charge is 2.54. The molecule has 0 spiro atoms. The van der Waals surface area contributed by atoms with Crippen LogP contribution in [0.15, 0.2) is 54.6 Å². The van der Waals surface area contributed by atoms with Crippen LogP contribution in [0.2, 0.25) is 0 Å². The van der Waals surface area contributed by atoms with Gasteiger partial charge in [0.25, 0.3) is 5.92 Å². The molecule has 0 saturated heterocycles. The van der Waals surface area contributed by atoms with Crippen LogP contribution in [0.4, 0.5) is 14.5 Å². The molecule has 0 amide bonds. The third-order valence-electron chi connectivity index (χ3n) is 3.76. The van der Waals surface area contributed by atoms with Crippen LogP contribution in [0.25, 0.3) is 0 Å². The average molecular weight is 271 g/mol. The van der Waals surface area contributed by atoms with E-state index in [1.807, 2.05) is 6.07 Å². The lowest BCUT2D eigenvalue weighted by Crippen LogP contribution is -2.28. The molecular weight excluding hydrogens is 256 g/mol. The SMILES string of the molecule is Nc1ccc([C]2CC[C](c3ccccc3)C2(F)F)cc1. The molecule has 1 aliphatic carbocycles. The lowest BCUT2D eigenvalue weighted by atomic mass is 9.89. The standard InChI is InChI=1S/C17H15F2N/c18-17(19)15(12-4-2-1-3-5-12)10-11-16(17)13-6-8-14(20)9-7-13/h1-9H,10-11,20H2. The summed E-state index contributed by atoms with van der Waals surface area (Å²) >= 11 is 0. The van der Waals surface area contributed by atoms with Crippen molar-refractivity contribution in [1.29, 1.82) is 0 Å². The Kier molecular flexibility index (Phi) is 3.20. The van der Waals surface area contributed by atoms with E-state index >= 15 is 0 Å². The molecule has 0 bridgehead atoms. The minimum Gasteiger partial charge on any atom is -0.399 e. The van der Waals surface area contributed by atoms with E-state index < -0.39 is 5.92 Å². The van der Waals surface area contributed by atoms with Crippen molar-refractivity contribution in [2.45, 2.75) is 18.8 Å². The number of anilines is 1. The van der Waals surface area contributed by atoms with Gasteiger partial charge in [0.1, 0.15) is 0 Å². The van der Waals surface area contributed by atoms with E-state index in [4.69, 9.17) is 5.73 Å². The Morgan fingerprint density at radius 2 is 1.25 bits per heavy atom. The fourth-order valence-electron chi connectivity index (χ4n) is 2.72. The minimum absolute atomic E-state index is 0.191. The van der Waals surface area contributed by atoms with Gasteiger partial charge >= 0.3 is 0 Å². The lowest BCUT2D eigenvalue weighted by molar-refractivity contribution is 0.0555. The quantitative estimate of drug-likeness (QED) is 0.812. The van der Waals surface area contributed by atoms with E-state index in [0.717, 1.165) is 0 Å². The molecule has 20 heavy (non-hydrogen) atoms. The molecule has 2 aromatic rings. The number of hydrogen-bond acceptors (Lipinski definition) is 1. The largest absolute Gasteiger partial charge is 0.399 e. The molecular formula is C17H15F2N. The maximum atomic E-state index is 14.6. The summed E-state index contributed by atoms with van der Waals surface area (Å²) < 4.78 is 29.3. The smallest absolute Gasteiger partial charge is 0.269 e. The highest BCUT2D eigenvalue weighted by atomic mass is 19.3. The van der Waals surface area contributed by atoms with Crippen LogP contribution in [0.3, 0.4) is 0 Å². The van der Waals surface area contributed by atoms with Gasteiger partial charge in [-0.2, -0.15) is 0 Å². The first-order valence-electron chi connectivity index (χ1n) is 6.61. The first-order chi connectivity index (χ1) is 9.59. The van der Waals surface area contributed by atoms with Crippen LogP contribution in [0, 0.1) is 11.8 Å². The van der Waals surface area contributed by atoms with Crippen LogP contribution >= 0.6 is 0 Å². The summed E-state index contributed by atoms with van der Waals surface area (Å²) in [7, 11) is 0. The number of benzene rings is 2. The molecule has 1 fully saturated rings. The Labute approximate surface area is 117 Å². The van der Waals surface area contributed by atoms with E-state index in [-0.39, 0.29) is 11.8 Å². The lowest BCUT2D eigenvalue weighted by Gasteiger charge is -2.24. The zero-order valence-electron chi connectivity index (χ0n) is 10.9. The maximum Gasteiger partial charge on any atom is 0.269 e. The Balaban J connectivity index is 1.91. The van der Waals surface area contributed by atoms with E-state index in [9.17, 15) is 8.78 Å². The van der Waals surface area contributed by atoms with E-state index in [1.165, 1.54) is 0 Å². The summed E-state index contributed by atoms with van der Waals surface area (Å²) in [6.45, 7) is 0. The summed E-state index contributed by atoms with van der Waals surface area (Å²) in [5, 5.41) is 0. The third kappa shape index (κ3) is 2.17. The summed E-state index contributed by atoms with van der Waals surface area (Å²) in [5.41, 5.74) is 7.40. The van der Waals surface area contributed by atoms with Gasteiger partial charge in [-0.15, -0.1) is 0 Å². The first-order valence-corrected chi connectivity index (χ1v) is 6.61. The van der Waals surface area contributed by atoms with E-state index in [0.29, 0.717) is 29.7 Å². The molecule has 0 heterocycles. The summed E-state index contributed by atoms with van der Waals surface area (Å²) in [4.78, 5) is 0. The molecule has 0 aromatic heterocycles. The molecule has 102 valence electrons. The number of nitrogen functional groups attached to an aromatic ring is 1. The second-order valence-corrected chi connectivity index (χ2v) is 5.02. The van der Waals surface area contributed by atoms with E-state index in [1.54, 1.807) is 48.5 Å². The maximum absolute atomic E-state index is 14.6. The fraction of sp³-hybridized carbons (Fsp3) is 0.176. The van der Waals surface area contributed by atoms with Crippen molar-refractivity contribution in [3.05, 3.63) is 77.6 Å².